The van der Waals surface area contributed by atoms with Crippen molar-refractivity contribution in [1.82, 2.24) is 10.2 Å². The first-order valence-electron chi connectivity index (χ1n) is 9.62. The molecule has 5 heteroatoms. The fraction of sp³-hybridized carbons (Fsp3) is 0.650. The average molecular weight is 344 g/mol. The van der Waals surface area contributed by atoms with Crippen molar-refractivity contribution in [1.29, 1.82) is 0 Å². The topological polar surface area (TPSA) is 61.8 Å². The van der Waals surface area contributed by atoms with E-state index in [2.05, 4.69) is 34.5 Å². The minimum Gasteiger partial charge on any atom is -0.390 e. The van der Waals surface area contributed by atoms with Gasteiger partial charge in [0.15, 0.2) is 6.10 Å². The maximum Gasteiger partial charge on any atom is 0.252 e. The Labute approximate surface area is 149 Å². The van der Waals surface area contributed by atoms with Gasteiger partial charge in [0.05, 0.1) is 12.2 Å². The van der Waals surface area contributed by atoms with Crippen LogP contribution < -0.4 is 5.32 Å². The monoisotopic (exact) mass is 344 g/mol. The van der Waals surface area contributed by atoms with Crippen molar-refractivity contribution in [3.05, 3.63) is 35.4 Å². The number of hydrogen-bond donors (Lipinski definition) is 2. The van der Waals surface area contributed by atoms with Crippen molar-refractivity contribution in [2.75, 3.05) is 13.1 Å². The fourth-order valence-corrected chi connectivity index (χ4v) is 3.91. The quantitative estimate of drug-likeness (QED) is 0.852. The van der Waals surface area contributed by atoms with Crippen LogP contribution in [0.4, 0.5) is 0 Å². The predicted molar refractivity (Wildman–Crippen MR) is 95.1 cm³/mol. The summed E-state index contributed by atoms with van der Waals surface area (Å²) in [5.74, 6) is -0.133. The van der Waals surface area contributed by atoms with Crippen molar-refractivity contribution < 1.29 is 14.6 Å². The molecule has 25 heavy (non-hydrogen) atoms. The van der Waals surface area contributed by atoms with E-state index in [0.29, 0.717) is 12.5 Å². The third-order valence-electron chi connectivity index (χ3n) is 5.63. The van der Waals surface area contributed by atoms with Gasteiger partial charge < -0.3 is 15.2 Å². The summed E-state index contributed by atoms with van der Waals surface area (Å²) in [5, 5.41) is 13.1. The highest BCUT2D eigenvalue weighted by Crippen LogP contribution is 2.25. The van der Waals surface area contributed by atoms with Crippen molar-refractivity contribution in [2.24, 2.45) is 0 Å². The molecule has 0 radical (unpaired) electrons. The zero-order valence-corrected chi connectivity index (χ0v) is 14.7. The van der Waals surface area contributed by atoms with Gasteiger partial charge in [-0.2, -0.15) is 0 Å². The summed E-state index contributed by atoms with van der Waals surface area (Å²) in [6.45, 7) is 3.06. The standard InChI is InChI=1S/C20H28N2O3/c23-18-8-7-17(25-19(18)20(24)21-16-5-6-16)10-12-22-11-9-14-3-1-2-4-15(14)13-22/h1-4,16-19,23H,5-13H2,(H,21,24). The second-order valence-electron chi connectivity index (χ2n) is 7.69. The molecule has 5 nitrogen and oxygen atoms in total. The van der Waals surface area contributed by atoms with Gasteiger partial charge >= 0.3 is 0 Å². The smallest absolute Gasteiger partial charge is 0.252 e. The van der Waals surface area contributed by atoms with E-state index in [-0.39, 0.29) is 12.0 Å². The van der Waals surface area contributed by atoms with Crippen LogP contribution in [0.15, 0.2) is 24.3 Å². The van der Waals surface area contributed by atoms with Gasteiger partial charge in [-0.1, -0.05) is 24.3 Å². The first kappa shape index (κ1) is 17.0. The van der Waals surface area contributed by atoms with Gasteiger partial charge in [-0.15, -0.1) is 0 Å². The zero-order valence-electron chi connectivity index (χ0n) is 14.7. The van der Waals surface area contributed by atoms with Gasteiger partial charge in [0.1, 0.15) is 0 Å². The number of ether oxygens (including phenoxy) is 1. The molecule has 2 aliphatic heterocycles. The second-order valence-corrected chi connectivity index (χ2v) is 7.69. The number of aliphatic hydroxyl groups is 1. The summed E-state index contributed by atoms with van der Waals surface area (Å²) in [7, 11) is 0. The first-order chi connectivity index (χ1) is 12.2. The highest BCUT2D eigenvalue weighted by atomic mass is 16.5. The van der Waals surface area contributed by atoms with E-state index < -0.39 is 12.2 Å². The molecule has 2 N–H and O–H groups in total. The van der Waals surface area contributed by atoms with Gasteiger partial charge in [0.25, 0.3) is 5.91 Å². The van der Waals surface area contributed by atoms with Crippen LogP contribution in [0, 0.1) is 0 Å². The Morgan fingerprint density at radius 2 is 2.00 bits per heavy atom. The van der Waals surface area contributed by atoms with E-state index in [1.54, 1.807) is 0 Å². The van der Waals surface area contributed by atoms with Crippen molar-refractivity contribution >= 4 is 5.91 Å². The van der Waals surface area contributed by atoms with Crippen molar-refractivity contribution in [3.8, 4) is 0 Å². The number of nitrogens with one attached hydrogen (secondary N) is 1. The van der Waals surface area contributed by atoms with Crippen LogP contribution in [-0.2, 0) is 22.5 Å². The van der Waals surface area contributed by atoms with Crippen LogP contribution >= 0.6 is 0 Å². The van der Waals surface area contributed by atoms with E-state index >= 15 is 0 Å². The van der Waals surface area contributed by atoms with Crippen LogP contribution in [-0.4, -0.2) is 53.4 Å². The summed E-state index contributed by atoms with van der Waals surface area (Å²) in [5.41, 5.74) is 2.89. The maximum absolute atomic E-state index is 12.2. The third kappa shape index (κ3) is 4.22. The molecule has 136 valence electrons. The molecule has 0 bridgehead atoms. The van der Waals surface area contributed by atoms with Crippen LogP contribution in [0.25, 0.3) is 0 Å². The summed E-state index contributed by atoms with van der Waals surface area (Å²) in [4.78, 5) is 14.7. The van der Waals surface area contributed by atoms with Crippen molar-refractivity contribution in [2.45, 2.75) is 69.4 Å². The Morgan fingerprint density at radius 3 is 2.80 bits per heavy atom. The molecule has 1 aliphatic carbocycles. The number of rotatable bonds is 5. The lowest BCUT2D eigenvalue weighted by atomic mass is 9.97. The van der Waals surface area contributed by atoms with Crippen LogP contribution in [0.3, 0.4) is 0 Å². The number of hydrogen-bond acceptors (Lipinski definition) is 4. The molecular weight excluding hydrogens is 316 g/mol. The van der Waals surface area contributed by atoms with E-state index in [0.717, 1.165) is 51.7 Å². The zero-order chi connectivity index (χ0) is 17.2. The lowest BCUT2D eigenvalue weighted by Crippen LogP contribution is -2.50. The number of carbonyl (C=O) groups is 1. The molecule has 0 aromatic heterocycles. The molecule has 1 amide bonds. The molecule has 3 unspecified atom stereocenters. The van der Waals surface area contributed by atoms with E-state index in [1.165, 1.54) is 11.1 Å². The summed E-state index contributed by atoms with van der Waals surface area (Å²) >= 11 is 0. The van der Waals surface area contributed by atoms with Gasteiger partial charge in [0, 0.05) is 25.7 Å². The van der Waals surface area contributed by atoms with Gasteiger partial charge in [-0.3, -0.25) is 9.69 Å². The summed E-state index contributed by atoms with van der Waals surface area (Å²) < 4.78 is 5.96. The lowest BCUT2D eigenvalue weighted by molar-refractivity contribution is -0.158. The van der Waals surface area contributed by atoms with E-state index in [9.17, 15) is 9.90 Å². The molecule has 0 spiro atoms. The fourth-order valence-electron chi connectivity index (χ4n) is 3.91. The molecule has 3 aliphatic rings. The number of nitrogens with zero attached hydrogens (tertiary/aromatic N) is 1. The van der Waals surface area contributed by atoms with Crippen LogP contribution in [0.5, 0.6) is 0 Å². The predicted octanol–water partition coefficient (Wildman–Crippen LogP) is 1.62. The lowest BCUT2D eigenvalue weighted by Gasteiger charge is -2.35. The molecule has 1 saturated heterocycles. The Kier molecular flexibility index (Phi) is 5.06. The number of fused-ring (bicyclic) bond motifs is 1. The Morgan fingerprint density at radius 1 is 1.20 bits per heavy atom. The highest BCUT2D eigenvalue weighted by Gasteiger charge is 2.37. The number of benzene rings is 1. The molecule has 1 saturated carbocycles. The Bertz CT molecular complexity index is 617. The second kappa shape index (κ2) is 7.44. The van der Waals surface area contributed by atoms with E-state index in [4.69, 9.17) is 4.74 Å². The SMILES string of the molecule is O=C(NC1CC1)C1OC(CCN2CCc3ccccc3C2)CCC1O. The Balaban J connectivity index is 1.27. The molecule has 2 fully saturated rings. The summed E-state index contributed by atoms with van der Waals surface area (Å²) in [6.07, 6.45) is 4.31. The van der Waals surface area contributed by atoms with Gasteiger partial charge in [-0.25, -0.2) is 0 Å². The van der Waals surface area contributed by atoms with Crippen molar-refractivity contribution in [3.63, 3.8) is 0 Å². The van der Waals surface area contributed by atoms with Gasteiger partial charge in [0.2, 0.25) is 0 Å². The number of carbonyl (C=O) groups excluding carboxylic acids is 1. The summed E-state index contributed by atoms with van der Waals surface area (Å²) in [6, 6.07) is 8.96. The molecule has 1 aromatic rings. The normalized spacial score (nSPS) is 29.9. The van der Waals surface area contributed by atoms with Crippen LogP contribution in [0.2, 0.25) is 0 Å². The molecular formula is C20H28N2O3. The van der Waals surface area contributed by atoms with E-state index in [1.807, 2.05) is 0 Å². The minimum atomic E-state index is -0.693. The minimum absolute atomic E-state index is 0.0653. The number of amides is 1. The largest absolute Gasteiger partial charge is 0.390 e. The Hall–Kier alpha value is -1.43. The number of aliphatic hydroxyl groups excluding tert-OH is 1. The average Bonchev–Trinajstić information content (AvgIpc) is 3.44. The van der Waals surface area contributed by atoms with Gasteiger partial charge in [-0.05, 0) is 49.7 Å². The molecule has 1 aromatic carbocycles. The third-order valence-corrected chi connectivity index (χ3v) is 5.63. The molecule has 4 rings (SSSR count). The van der Waals surface area contributed by atoms with Crippen LogP contribution in [0.1, 0.15) is 43.2 Å². The molecule has 3 atom stereocenters. The molecule has 2 heterocycles. The first-order valence-corrected chi connectivity index (χ1v) is 9.62. The highest BCUT2D eigenvalue weighted by molar-refractivity contribution is 5.82. The maximum atomic E-state index is 12.2.